The molecule has 0 heterocycles. The molecule has 0 aromatic carbocycles. The summed E-state index contributed by atoms with van der Waals surface area (Å²) in [5.74, 6) is -0.285. The average Bonchev–Trinajstić information content (AvgIpc) is 2.32. The zero-order chi connectivity index (χ0) is 16.5. The van der Waals surface area contributed by atoms with Crippen LogP contribution in [0.15, 0.2) is 0 Å². The Morgan fingerprint density at radius 3 is 1.70 bits per heavy atom. The summed E-state index contributed by atoms with van der Waals surface area (Å²) in [7, 11) is 7.17. The second-order valence-electron chi connectivity index (χ2n) is 5.34. The van der Waals surface area contributed by atoms with E-state index in [-0.39, 0.29) is 17.5 Å². The summed E-state index contributed by atoms with van der Waals surface area (Å²) in [4.78, 5) is 32.4. The van der Waals surface area contributed by atoms with E-state index >= 15 is 0 Å². The third kappa shape index (κ3) is 9.15. The van der Waals surface area contributed by atoms with Gasteiger partial charge in [-0.05, 0) is 20.8 Å². The Balaban J connectivity index is 0. The summed E-state index contributed by atoms with van der Waals surface area (Å²) in [5, 5.41) is 3.52. The van der Waals surface area contributed by atoms with Crippen LogP contribution in [0.1, 0.15) is 27.7 Å². The highest BCUT2D eigenvalue weighted by molar-refractivity contribution is 5.73. The fraction of sp³-hybridized carbons (Fsp3) is 0.750. The standard InChI is InChI=1S/C9H21N3O.C3H6N2O2/c1-9(2,3)12(7)11(6)8(13)10(4)5;1-3(7)5-4-2-6/h1-7H3;2H,1H3,(H,4,6)(H,5,7). The topological polar surface area (TPSA) is 85.0 Å². The molecule has 2 N–H and O–H groups in total. The van der Waals surface area contributed by atoms with Crippen molar-refractivity contribution in [3.8, 4) is 0 Å². The molecule has 4 amide bonds. The number of hydrogen-bond acceptors (Lipinski definition) is 4. The van der Waals surface area contributed by atoms with Crippen molar-refractivity contribution >= 4 is 18.3 Å². The highest BCUT2D eigenvalue weighted by Crippen LogP contribution is 2.12. The normalized spacial score (nSPS) is 10.1. The summed E-state index contributed by atoms with van der Waals surface area (Å²) in [6, 6.07) is -0.0163. The monoisotopic (exact) mass is 289 g/mol. The second-order valence-corrected chi connectivity index (χ2v) is 5.34. The van der Waals surface area contributed by atoms with Gasteiger partial charge in [-0.15, -0.1) is 0 Å². The number of nitrogens with zero attached hydrogens (tertiary/aromatic N) is 3. The molecule has 0 aliphatic heterocycles. The molecule has 8 heteroatoms. The molecular weight excluding hydrogens is 262 g/mol. The van der Waals surface area contributed by atoms with Crippen molar-refractivity contribution in [2.75, 3.05) is 28.2 Å². The first-order valence-corrected chi connectivity index (χ1v) is 6.09. The Kier molecular flexibility index (Phi) is 9.36. The fourth-order valence-electron chi connectivity index (χ4n) is 0.999. The van der Waals surface area contributed by atoms with Gasteiger partial charge in [-0.2, -0.15) is 0 Å². The van der Waals surface area contributed by atoms with Gasteiger partial charge in [-0.1, -0.05) is 0 Å². The van der Waals surface area contributed by atoms with Gasteiger partial charge in [-0.25, -0.2) is 9.80 Å². The lowest BCUT2D eigenvalue weighted by atomic mass is 10.1. The minimum absolute atomic E-state index is 0.0163. The van der Waals surface area contributed by atoms with E-state index in [0.717, 1.165) is 0 Å². The van der Waals surface area contributed by atoms with Crippen LogP contribution in [0.3, 0.4) is 0 Å². The van der Waals surface area contributed by atoms with Crippen LogP contribution in [0.5, 0.6) is 0 Å². The molecule has 20 heavy (non-hydrogen) atoms. The van der Waals surface area contributed by atoms with E-state index in [1.165, 1.54) is 6.92 Å². The number of hydrazine groups is 2. The molecule has 0 unspecified atom stereocenters. The molecule has 0 aliphatic rings. The number of rotatable bonds is 3. The molecular formula is C12H27N5O3. The van der Waals surface area contributed by atoms with Gasteiger partial charge < -0.3 is 4.90 Å². The molecule has 0 saturated heterocycles. The molecule has 0 radical (unpaired) electrons. The molecule has 8 nitrogen and oxygen atoms in total. The highest BCUT2D eigenvalue weighted by atomic mass is 16.2. The van der Waals surface area contributed by atoms with Crippen LogP contribution < -0.4 is 10.9 Å². The maximum atomic E-state index is 11.5. The number of nitrogens with one attached hydrogen (secondary N) is 2. The zero-order valence-electron chi connectivity index (χ0n) is 13.6. The molecule has 0 aromatic rings. The number of urea groups is 1. The number of carbonyl (C=O) groups excluding carboxylic acids is 3. The van der Waals surface area contributed by atoms with Crippen LogP contribution in [0.25, 0.3) is 0 Å². The second kappa shape index (κ2) is 9.13. The minimum Gasteiger partial charge on any atom is -0.330 e. The maximum absolute atomic E-state index is 11.5. The molecule has 0 atom stereocenters. The first-order valence-electron chi connectivity index (χ1n) is 6.09. The maximum Gasteiger partial charge on any atom is 0.333 e. The number of amides is 4. The van der Waals surface area contributed by atoms with Crippen molar-refractivity contribution < 1.29 is 14.4 Å². The molecule has 0 saturated carbocycles. The predicted molar refractivity (Wildman–Crippen MR) is 77.4 cm³/mol. The van der Waals surface area contributed by atoms with Gasteiger partial charge in [0.25, 0.3) is 0 Å². The van der Waals surface area contributed by atoms with Gasteiger partial charge in [0.05, 0.1) is 0 Å². The van der Waals surface area contributed by atoms with Crippen molar-refractivity contribution in [3.05, 3.63) is 0 Å². The van der Waals surface area contributed by atoms with Gasteiger partial charge in [-0.3, -0.25) is 25.4 Å². The van der Waals surface area contributed by atoms with Crippen LogP contribution in [0.4, 0.5) is 4.79 Å². The molecule has 0 bridgehead atoms. The molecule has 118 valence electrons. The lowest BCUT2D eigenvalue weighted by Crippen LogP contribution is -2.53. The SMILES string of the molecule is CC(=O)NNC=O.CN(C)C(=O)N(C)N(C)C(C)(C)C. The first-order chi connectivity index (χ1) is 8.95. The molecule has 0 spiro atoms. The molecule has 0 aromatic heterocycles. The zero-order valence-corrected chi connectivity index (χ0v) is 13.6. The summed E-state index contributed by atoms with van der Waals surface area (Å²) in [6.45, 7) is 7.49. The fourth-order valence-corrected chi connectivity index (χ4v) is 0.999. The van der Waals surface area contributed by atoms with E-state index in [1.807, 2.05) is 22.9 Å². The summed E-state index contributed by atoms with van der Waals surface area (Å²) in [5.41, 5.74) is 3.96. The van der Waals surface area contributed by atoms with Gasteiger partial charge in [0, 0.05) is 40.7 Å². The Morgan fingerprint density at radius 1 is 1.05 bits per heavy atom. The lowest BCUT2D eigenvalue weighted by Gasteiger charge is -2.39. The van der Waals surface area contributed by atoms with E-state index in [9.17, 15) is 14.4 Å². The largest absolute Gasteiger partial charge is 0.333 e. The first kappa shape index (κ1) is 20.5. The molecule has 0 fully saturated rings. The highest BCUT2D eigenvalue weighted by Gasteiger charge is 2.24. The van der Waals surface area contributed by atoms with Crippen LogP contribution in [-0.2, 0) is 9.59 Å². The third-order valence-corrected chi connectivity index (χ3v) is 2.39. The van der Waals surface area contributed by atoms with Crippen molar-refractivity contribution in [1.29, 1.82) is 0 Å². The van der Waals surface area contributed by atoms with E-state index < -0.39 is 0 Å². The van der Waals surface area contributed by atoms with Crippen LogP contribution in [0, 0.1) is 0 Å². The predicted octanol–water partition coefficient (Wildman–Crippen LogP) is 0.0286. The van der Waals surface area contributed by atoms with E-state index in [4.69, 9.17) is 0 Å². The summed E-state index contributed by atoms with van der Waals surface area (Å²) < 4.78 is 0. The summed E-state index contributed by atoms with van der Waals surface area (Å²) in [6.07, 6.45) is 0.390. The van der Waals surface area contributed by atoms with Crippen LogP contribution >= 0.6 is 0 Å². The van der Waals surface area contributed by atoms with E-state index in [1.54, 1.807) is 31.1 Å². The summed E-state index contributed by atoms with van der Waals surface area (Å²) >= 11 is 0. The number of carbonyl (C=O) groups is 3. The Bertz CT molecular complexity index is 326. The van der Waals surface area contributed by atoms with Crippen molar-refractivity contribution in [1.82, 2.24) is 25.8 Å². The molecule has 0 aliphatic carbocycles. The van der Waals surface area contributed by atoms with Crippen LogP contribution in [-0.4, -0.2) is 67.0 Å². The smallest absolute Gasteiger partial charge is 0.330 e. The van der Waals surface area contributed by atoms with Gasteiger partial charge >= 0.3 is 6.03 Å². The third-order valence-electron chi connectivity index (χ3n) is 2.39. The minimum atomic E-state index is -0.285. The van der Waals surface area contributed by atoms with E-state index in [0.29, 0.717) is 6.41 Å². The average molecular weight is 289 g/mol. The van der Waals surface area contributed by atoms with Gasteiger partial charge in [0.2, 0.25) is 12.3 Å². The quantitative estimate of drug-likeness (QED) is 0.567. The number of hydrogen-bond donors (Lipinski definition) is 2. The van der Waals surface area contributed by atoms with Crippen molar-refractivity contribution in [2.24, 2.45) is 0 Å². The molecule has 0 rings (SSSR count). The Hall–Kier alpha value is -1.83. The van der Waals surface area contributed by atoms with Gasteiger partial charge in [0.15, 0.2) is 0 Å². The lowest BCUT2D eigenvalue weighted by molar-refractivity contribution is -0.122. The van der Waals surface area contributed by atoms with Crippen LogP contribution in [0.2, 0.25) is 0 Å². The van der Waals surface area contributed by atoms with Crippen molar-refractivity contribution in [3.63, 3.8) is 0 Å². The Morgan fingerprint density at radius 2 is 1.50 bits per heavy atom. The Labute approximate surface area is 121 Å². The van der Waals surface area contributed by atoms with Crippen molar-refractivity contribution in [2.45, 2.75) is 33.2 Å². The van der Waals surface area contributed by atoms with Gasteiger partial charge in [0.1, 0.15) is 0 Å². The van der Waals surface area contributed by atoms with E-state index in [2.05, 4.69) is 20.8 Å².